The van der Waals surface area contributed by atoms with Crippen LogP contribution in [0.3, 0.4) is 0 Å². The van der Waals surface area contributed by atoms with Gasteiger partial charge in [0.15, 0.2) is 0 Å². The van der Waals surface area contributed by atoms with Gasteiger partial charge in [-0.3, -0.25) is 9.69 Å². The molecule has 0 N–H and O–H groups in total. The van der Waals surface area contributed by atoms with Gasteiger partial charge >= 0.3 is 0 Å². The van der Waals surface area contributed by atoms with E-state index in [0.717, 1.165) is 29.0 Å². The topological polar surface area (TPSA) is 23.6 Å². The van der Waals surface area contributed by atoms with Gasteiger partial charge in [-0.05, 0) is 60.1 Å². The number of carbonyl (C=O) groups is 1. The molecule has 1 heterocycles. The zero-order valence-electron chi connectivity index (χ0n) is 12.0. The van der Waals surface area contributed by atoms with Crippen molar-refractivity contribution < 1.29 is 4.79 Å². The maximum atomic E-state index is 12.5. The van der Waals surface area contributed by atoms with Crippen LogP contribution in [0.1, 0.15) is 30.1 Å². The fourth-order valence-corrected chi connectivity index (χ4v) is 3.42. The van der Waals surface area contributed by atoms with E-state index in [-0.39, 0.29) is 5.91 Å². The number of amides is 1. The summed E-state index contributed by atoms with van der Waals surface area (Å²) in [7, 11) is 1.88. The van der Waals surface area contributed by atoms with Crippen LogP contribution in [0.2, 0.25) is 0 Å². The van der Waals surface area contributed by atoms with Gasteiger partial charge < -0.3 is 4.90 Å². The lowest BCUT2D eigenvalue weighted by molar-refractivity contribution is 0.0753. The summed E-state index contributed by atoms with van der Waals surface area (Å²) in [5, 5.41) is 0. The van der Waals surface area contributed by atoms with E-state index in [2.05, 4.69) is 40.4 Å². The number of carbonyl (C=O) groups excluding carboxylic acids is 1. The first-order valence-electron chi connectivity index (χ1n) is 7.01. The van der Waals surface area contributed by atoms with Gasteiger partial charge in [0.25, 0.3) is 5.91 Å². The van der Waals surface area contributed by atoms with Gasteiger partial charge in [0, 0.05) is 29.0 Å². The fraction of sp³-hybridized carbons (Fsp3) is 0.533. The molecule has 1 aromatic rings. The average Bonchev–Trinajstić information content (AvgIpc) is 2.87. The molecule has 0 bridgehead atoms. The van der Waals surface area contributed by atoms with Crippen LogP contribution in [0.25, 0.3) is 0 Å². The third-order valence-electron chi connectivity index (χ3n) is 3.92. The Balaban J connectivity index is 2.07. The molecule has 1 atom stereocenters. The summed E-state index contributed by atoms with van der Waals surface area (Å²) >= 11 is 7.76. The predicted octanol–water partition coefficient (Wildman–Crippen LogP) is 3.29. The molecule has 0 radical (unpaired) electrons. The molecule has 0 aliphatic carbocycles. The minimum atomic E-state index is 0.0516. The van der Waals surface area contributed by atoms with E-state index in [1.807, 2.05) is 30.1 Å². The number of benzene rings is 1. The first kappa shape index (κ1) is 15.9. The van der Waals surface area contributed by atoms with Crippen LogP contribution >= 0.6 is 28.6 Å². The third-order valence-corrected chi connectivity index (χ3v) is 4.89. The molecule has 1 saturated heterocycles. The highest BCUT2D eigenvalue weighted by atomic mass is 79.9. The molecule has 3 nitrogen and oxygen atoms in total. The van der Waals surface area contributed by atoms with Crippen LogP contribution in [0.15, 0.2) is 27.6 Å². The standard InChI is InChI=1S/C15H21BrN2OS/c1-3-18-8-4-5-11(18)10-17(2)15(19)13-9-12(20)6-7-14(13)16/h6-7,9,11,20H,3-5,8,10H2,1-2H3. The largest absolute Gasteiger partial charge is 0.340 e. The van der Waals surface area contributed by atoms with Gasteiger partial charge in [0.05, 0.1) is 5.56 Å². The molecule has 5 heteroatoms. The molecule has 1 amide bonds. The van der Waals surface area contributed by atoms with E-state index in [1.54, 1.807) is 0 Å². The molecule has 2 rings (SSSR count). The highest BCUT2D eigenvalue weighted by molar-refractivity contribution is 9.10. The number of hydrogen-bond acceptors (Lipinski definition) is 3. The van der Waals surface area contributed by atoms with Crippen LogP contribution in [-0.2, 0) is 0 Å². The van der Waals surface area contributed by atoms with E-state index in [4.69, 9.17) is 0 Å². The molecule has 0 spiro atoms. The molecule has 110 valence electrons. The summed E-state index contributed by atoms with van der Waals surface area (Å²) in [6.07, 6.45) is 2.41. The number of nitrogens with zero attached hydrogens (tertiary/aromatic N) is 2. The Morgan fingerprint density at radius 3 is 3.00 bits per heavy atom. The number of hydrogen-bond donors (Lipinski definition) is 1. The summed E-state index contributed by atoms with van der Waals surface area (Å²) in [4.78, 5) is 17.6. The maximum absolute atomic E-state index is 12.5. The summed E-state index contributed by atoms with van der Waals surface area (Å²) in [5.41, 5.74) is 0.682. The van der Waals surface area contributed by atoms with Crippen molar-refractivity contribution in [1.82, 2.24) is 9.80 Å². The highest BCUT2D eigenvalue weighted by Gasteiger charge is 2.26. The summed E-state index contributed by atoms with van der Waals surface area (Å²) in [6, 6.07) is 6.06. The van der Waals surface area contributed by atoms with Crippen LogP contribution < -0.4 is 0 Å². The molecule has 1 aliphatic heterocycles. The van der Waals surface area contributed by atoms with Crippen molar-refractivity contribution in [3.63, 3.8) is 0 Å². The molecule has 20 heavy (non-hydrogen) atoms. The number of rotatable bonds is 4. The monoisotopic (exact) mass is 356 g/mol. The van der Waals surface area contributed by atoms with Crippen molar-refractivity contribution in [3.8, 4) is 0 Å². The lowest BCUT2D eigenvalue weighted by Crippen LogP contribution is -2.41. The lowest BCUT2D eigenvalue weighted by Gasteiger charge is -2.28. The number of likely N-dealkylation sites (tertiary alicyclic amines) is 1. The van der Waals surface area contributed by atoms with Crippen LogP contribution in [0.5, 0.6) is 0 Å². The van der Waals surface area contributed by atoms with E-state index < -0.39 is 0 Å². The Morgan fingerprint density at radius 1 is 1.55 bits per heavy atom. The average molecular weight is 357 g/mol. The van der Waals surface area contributed by atoms with Crippen LogP contribution in [-0.4, -0.2) is 48.4 Å². The Labute approximate surface area is 134 Å². The minimum Gasteiger partial charge on any atom is -0.340 e. The fourth-order valence-electron chi connectivity index (χ4n) is 2.80. The van der Waals surface area contributed by atoms with Gasteiger partial charge in [0.1, 0.15) is 0 Å². The van der Waals surface area contributed by atoms with Crippen LogP contribution in [0, 0.1) is 0 Å². The number of halogens is 1. The zero-order chi connectivity index (χ0) is 14.7. The normalized spacial score (nSPS) is 19.3. The van der Waals surface area contributed by atoms with Crippen molar-refractivity contribution in [3.05, 3.63) is 28.2 Å². The van der Waals surface area contributed by atoms with E-state index >= 15 is 0 Å². The molecule has 1 unspecified atom stereocenters. The first-order chi connectivity index (χ1) is 9.52. The smallest absolute Gasteiger partial charge is 0.254 e. The van der Waals surface area contributed by atoms with Crippen LogP contribution in [0.4, 0.5) is 0 Å². The molecule has 1 aromatic carbocycles. The van der Waals surface area contributed by atoms with E-state index in [9.17, 15) is 4.79 Å². The zero-order valence-corrected chi connectivity index (χ0v) is 14.5. The maximum Gasteiger partial charge on any atom is 0.254 e. The predicted molar refractivity (Wildman–Crippen MR) is 88.6 cm³/mol. The first-order valence-corrected chi connectivity index (χ1v) is 8.25. The molecule has 1 fully saturated rings. The van der Waals surface area contributed by atoms with Crippen molar-refractivity contribution >= 4 is 34.5 Å². The summed E-state index contributed by atoms with van der Waals surface area (Å²) in [5.74, 6) is 0.0516. The van der Waals surface area contributed by atoms with Gasteiger partial charge in [-0.25, -0.2) is 0 Å². The Hall–Kier alpha value is -0.520. The minimum absolute atomic E-state index is 0.0516. The molecular weight excluding hydrogens is 336 g/mol. The number of likely N-dealkylation sites (N-methyl/N-ethyl adjacent to an activating group) is 2. The Kier molecular flexibility index (Phi) is 5.52. The molecule has 0 saturated carbocycles. The second-order valence-electron chi connectivity index (χ2n) is 5.27. The van der Waals surface area contributed by atoms with E-state index in [0.29, 0.717) is 11.6 Å². The van der Waals surface area contributed by atoms with Crippen molar-refractivity contribution in [2.24, 2.45) is 0 Å². The SMILES string of the molecule is CCN1CCCC1CN(C)C(=O)c1cc(S)ccc1Br. The quantitative estimate of drug-likeness (QED) is 0.836. The summed E-state index contributed by atoms with van der Waals surface area (Å²) < 4.78 is 0.825. The van der Waals surface area contributed by atoms with Gasteiger partial charge in [-0.1, -0.05) is 6.92 Å². The molecular formula is C15H21BrN2OS. The number of thiol groups is 1. The third kappa shape index (κ3) is 3.57. The lowest BCUT2D eigenvalue weighted by atomic mass is 10.1. The van der Waals surface area contributed by atoms with Crippen molar-refractivity contribution in [2.45, 2.75) is 30.7 Å². The van der Waals surface area contributed by atoms with Crippen molar-refractivity contribution in [2.75, 3.05) is 26.7 Å². The van der Waals surface area contributed by atoms with Gasteiger partial charge in [0.2, 0.25) is 0 Å². The molecule has 0 aromatic heterocycles. The highest BCUT2D eigenvalue weighted by Crippen LogP contribution is 2.23. The van der Waals surface area contributed by atoms with Gasteiger partial charge in [-0.2, -0.15) is 0 Å². The Bertz CT molecular complexity index is 495. The summed E-state index contributed by atoms with van der Waals surface area (Å²) in [6.45, 7) is 5.18. The van der Waals surface area contributed by atoms with Gasteiger partial charge in [-0.15, -0.1) is 12.6 Å². The second kappa shape index (κ2) is 6.96. The Morgan fingerprint density at radius 2 is 2.30 bits per heavy atom. The van der Waals surface area contributed by atoms with E-state index in [1.165, 1.54) is 12.8 Å². The van der Waals surface area contributed by atoms with Crippen molar-refractivity contribution in [1.29, 1.82) is 0 Å². The second-order valence-corrected chi connectivity index (χ2v) is 6.65. The molecule has 1 aliphatic rings.